The number of hydrogen-bond acceptors (Lipinski definition) is 7. The maximum atomic E-state index is 14.4. The molecule has 1 heterocycles. The van der Waals surface area contributed by atoms with Crippen molar-refractivity contribution in [1.82, 2.24) is 14.0 Å². The smallest absolute Gasteiger partial charge is 0.303 e. The summed E-state index contributed by atoms with van der Waals surface area (Å²) in [5.41, 5.74) is -0.796. The molecule has 33 heavy (non-hydrogen) atoms. The number of ether oxygens (including phenoxy) is 1. The van der Waals surface area contributed by atoms with Gasteiger partial charge in [0.1, 0.15) is 17.4 Å². The Labute approximate surface area is 194 Å². The zero-order valence-electron chi connectivity index (χ0n) is 18.3. The Morgan fingerprint density at radius 1 is 1.21 bits per heavy atom. The Kier molecular flexibility index (Phi) is 9.95. The number of carbonyl (C=O) groups excluding carboxylic acids is 1. The number of nitrogens with one attached hydrogen (secondary N) is 1. The molecule has 0 spiro atoms. The Morgan fingerprint density at radius 3 is 2.27 bits per heavy atom. The highest BCUT2D eigenvalue weighted by atomic mass is 35.5. The predicted octanol–water partition coefficient (Wildman–Crippen LogP) is 2.89. The topological polar surface area (TPSA) is 129 Å². The summed E-state index contributed by atoms with van der Waals surface area (Å²) in [6.07, 6.45) is 1.29. The summed E-state index contributed by atoms with van der Waals surface area (Å²) in [6.45, 7) is 3.64. The van der Waals surface area contributed by atoms with E-state index in [2.05, 4.69) is 4.98 Å². The molecule has 14 heteroatoms. The van der Waals surface area contributed by atoms with Crippen molar-refractivity contribution in [1.29, 1.82) is 0 Å². The van der Waals surface area contributed by atoms with Crippen LogP contribution in [0.5, 0.6) is 11.5 Å². The molecule has 2 rings (SSSR count). The van der Waals surface area contributed by atoms with E-state index in [4.69, 9.17) is 26.2 Å². The molecule has 182 valence electrons. The van der Waals surface area contributed by atoms with E-state index in [1.54, 1.807) is 11.8 Å². The molecule has 1 aromatic heterocycles. The van der Waals surface area contributed by atoms with Gasteiger partial charge in [0.05, 0.1) is 16.8 Å². The minimum absolute atomic E-state index is 0.0478. The Bertz CT molecular complexity index is 1120. The fourth-order valence-electron chi connectivity index (χ4n) is 2.14. The standard InChI is InChI=1S/C18H21ClF2N4O4S.CH2O2/c1-10(2)25(5)17-13(19)6-11(9-22-17)29-16-8-14(20)12(7-15(16)21)18(26)23-30(27,28)24(3)4;2-1-3/h6-10H,1-5H3,(H,23,26);1H,(H,2,3). The molecule has 1 aromatic carbocycles. The van der Waals surface area contributed by atoms with Crippen molar-refractivity contribution < 1.29 is 36.6 Å². The highest BCUT2D eigenvalue weighted by Gasteiger charge is 2.23. The molecule has 0 radical (unpaired) electrons. The van der Waals surface area contributed by atoms with Crippen LogP contribution in [0.3, 0.4) is 0 Å². The molecule has 1 amide bonds. The molecule has 2 aromatic rings. The third kappa shape index (κ3) is 7.51. The number of rotatable bonds is 7. The van der Waals surface area contributed by atoms with Crippen molar-refractivity contribution in [3.05, 3.63) is 46.6 Å². The maximum Gasteiger partial charge on any atom is 0.303 e. The zero-order valence-corrected chi connectivity index (χ0v) is 19.9. The van der Waals surface area contributed by atoms with Gasteiger partial charge in [-0.15, -0.1) is 0 Å². The van der Waals surface area contributed by atoms with E-state index in [0.29, 0.717) is 22.3 Å². The van der Waals surface area contributed by atoms with Crippen LogP contribution in [0.25, 0.3) is 0 Å². The van der Waals surface area contributed by atoms with Gasteiger partial charge in [0, 0.05) is 39.3 Å². The summed E-state index contributed by atoms with van der Waals surface area (Å²) >= 11 is 6.19. The van der Waals surface area contributed by atoms with Gasteiger partial charge in [-0.1, -0.05) is 11.6 Å². The van der Waals surface area contributed by atoms with E-state index in [1.807, 2.05) is 18.7 Å². The molecular weight excluding hydrogens is 486 g/mol. The molecule has 0 bridgehead atoms. The largest absolute Gasteiger partial charge is 0.483 e. The molecule has 0 aliphatic carbocycles. The second-order valence-electron chi connectivity index (χ2n) is 6.87. The first-order valence-corrected chi connectivity index (χ1v) is 10.9. The van der Waals surface area contributed by atoms with Gasteiger partial charge >= 0.3 is 10.2 Å². The Morgan fingerprint density at radius 2 is 1.79 bits per heavy atom. The average molecular weight is 509 g/mol. The Balaban J connectivity index is 0.00000172. The van der Waals surface area contributed by atoms with Crippen LogP contribution >= 0.6 is 11.6 Å². The molecule has 0 fully saturated rings. The van der Waals surface area contributed by atoms with E-state index in [0.717, 1.165) is 0 Å². The number of aromatic nitrogens is 1. The van der Waals surface area contributed by atoms with Crippen molar-refractivity contribution >= 4 is 40.0 Å². The minimum atomic E-state index is -4.17. The lowest BCUT2D eigenvalue weighted by atomic mass is 10.2. The average Bonchev–Trinajstić information content (AvgIpc) is 2.70. The summed E-state index contributed by atoms with van der Waals surface area (Å²) in [6, 6.07) is 2.70. The first-order chi connectivity index (χ1) is 15.2. The second kappa shape index (κ2) is 11.7. The number of anilines is 1. The lowest BCUT2D eigenvalue weighted by Gasteiger charge is -2.23. The zero-order chi connectivity index (χ0) is 25.5. The quantitative estimate of drug-likeness (QED) is 0.546. The van der Waals surface area contributed by atoms with E-state index in [-0.39, 0.29) is 23.3 Å². The van der Waals surface area contributed by atoms with Crippen LogP contribution in [-0.2, 0) is 15.0 Å². The van der Waals surface area contributed by atoms with Crippen molar-refractivity contribution in [3.8, 4) is 11.5 Å². The Hall–Kier alpha value is -3.03. The number of nitrogens with zero attached hydrogens (tertiary/aromatic N) is 3. The fraction of sp³-hybridized carbons (Fsp3) is 0.316. The third-order valence-corrected chi connectivity index (χ3v) is 5.78. The van der Waals surface area contributed by atoms with Crippen LogP contribution in [0.4, 0.5) is 14.6 Å². The third-order valence-electron chi connectivity index (χ3n) is 4.10. The summed E-state index contributed by atoms with van der Waals surface area (Å²) in [7, 11) is -0.0222. The molecule has 10 nitrogen and oxygen atoms in total. The fourth-order valence-corrected chi connectivity index (χ4v) is 2.96. The highest BCUT2D eigenvalue weighted by Crippen LogP contribution is 2.32. The van der Waals surface area contributed by atoms with E-state index in [9.17, 15) is 22.0 Å². The van der Waals surface area contributed by atoms with Gasteiger partial charge in [-0.25, -0.2) is 18.5 Å². The molecule has 0 aliphatic heterocycles. The van der Waals surface area contributed by atoms with Crippen molar-refractivity contribution in [2.45, 2.75) is 19.9 Å². The van der Waals surface area contributed by atoms with Gasteiger partial charge in [0.2, 0.25) is 0 Å². The maximum absolute atomic E-state index is 14.4. The monoisotopic (exact) mass is 508 g/mol. The van der Waals surface area contributed by atoms with Crippen molar-refractivity contribution in [2.75, 3.05) is 26.0 Å². The number of halogens is 3. The first-order valence-electron chi connectivity index (χ1n) is 9.12. The normalized spacial score (nSPS) is 11.0. The lowest BCUT2D eigenvalue weighted by Crippen LogP contribution is -2.39. The van der Waals surface area contributed by atoms with Crippen LogP contribution in [0.1, 0.15) is 24.2 Å². The number of carbonyl (C=O) groups is 2. The van der Waals surface area contributed by atoms with Crippen molar-refractivity contribution in [2.24, 2.45) is 0 Å². The number of benzene rings is 1. The lowest BCUT2D eigenvalue weighted by molar-refractivity contribution is -0.122. The van der Waals surface area contributed by atoms with Crippen LogP contribution in [0.2, 0.25) is 5.02 Å². The van der Waals surface area contributed by atoms with Gasteiger partial charge in [0.25, 0.3) is 12.4 Å². The number of hydrogen-bond donors (Lipinski definition) is 2. The predicted molar refractivity (Wildman–Crippen MR) is 118 cm³/mol. The molecule has 0 saturated carbocycles. The first kappa shape index (κ1) is 28.0. The van der Waals surface area contributed by atoms with Crippen molar-refractivity contribution in [3.63, 3.8) is 0 Å². The van der Waals surface area contributed by atoms with Gasteiger partial charge in [-0.3, -0.25) is 9.59 Å². The SMILES string of the molecule is CC(C)N(C)c1ncc(Oc2cc(F)c(C(=O)NS(=O)(=O)N(C)C)cc2F)cc1Cl.O=CO. The molecule has 0 unspecified atom stereocenters. The highest BCUT2D eigenvalue weighted by molar-refractivity contribution is 7.87. The van der Waals surface area contributed by atoms with Gasteiger partial charge in [0.15, 0.2) is 11.6 Å². The van der Waals surface area contributed by atoms with Gasteiger partial charge in [-0.2, -0.15) is 12.7 Å². The van der Waals surface area contributed by atoms with Gasteiger partial charge < -0.3 is 14.7 Å². The summed E-state index contributed by atoms with van der Waals surface area (Å²) in [5, 5.41) is 7.13. The van der Waals surface area contributed by atoms with E-state index < -0.39 is 39.1 Å². The summed E-state index contributed by atoms with van der Waals surface area (Å²) in [5.74, 6) is -3.57. The molecular formula is C19H23ClF2N4O6S. The van der Waals surface area contributed by atoms with E-state index in [1.165, 1.54) is 26.4 Å². The summed E-state index contributed by atoms with van der Waals surface area (Å²) in [4.78, 5) is 26.4. The van der Waals surface area contributed by atoms with Crippen LogP contribution < -0.4 is 14.4 Å². The molecule has 0 aliphatic rings. The number of amides is 1. The minimum Gasteiger partial charge on any atom is -0.483 e. The van der Waals surface area contributed by atoms with Crippen LogP contribution in [-0.4, -0.2) is 62.4 Å². The van der Waals surface area contributed by atoms with Crippen LogP contribution in [0, 0.1) is 11.6 Å². The van der Waals surface area contributed by atoms with Gasteiger partial charge in [-0.05, 0) is 19.9 Å². The summed E-state index contributed by atoms with van der Waals surface area (Å²) < 4.78 is 59.8. The number of carboxylic acid groups (broad SMARTS) is 1. The van der Waals surface area contributed by atoms with E-state index >= 15 is 0 Å². The van der Waals surface area contributed by atoms with Crippen LogP contribution in [0.15, 0.2) is 24.4 Å². The molecule has 0 saturated heterocycles. The second-order valence-corrected chi connectivity index (χ2v) is 9.16. The molecule has 2 N–H and O–H groups in total. The molecule has 0 atom stereocenters. The number of pyridine rings is 1.